The Morgan fingerprint density at radius 3 is 2.18 bits per heavy atom. The maximum Gasteiger partial charge on any atom is 0.269 e. The Morgan fingerprint density at radius 2 is 1.73 bits per heavy atom. The Kier molecular flexibility index (Phi) is 4.38. The summed E-state index contributed by atoms with van der Waals surface area (Å²) in [5, 5.41) is 0. The number of thioether (sulfide) groups is 2. The van der Waals surface area contributed by atoms with Crippen molar-refractivity contribution in [3.8, 4) is 0 Å². The van der Waals surface area contributed by atoms with E-state index in [2.05, 4.69) is 18.4 Å². The second kappa shape index (κ2) is 5.09. The van der Waals surface area contributed by atoms with E-state index in [1.165, 1.54) is 17.9 Å². The predicted molar refractivity (Wildman–Crippen MR) is 55.9 cm³/mol. The summed E-state index contributed by atoms with van der Waals surface area (Å²) in [6, 6.07) is 0. The Balaban J connectivity index is 2.57. The fourth-order valence-electron chi connectivity index (χ4n) is 1.08. The van der Waals surface area contributed by atoms with Gasteiger partial charge in [0.15, 0.2) is 0 Å². The van der Waals surface area contributed by atoms with Gasteiger partial charge in [0, 0.05) is 11.5 Å². The number of hydrogen-bond donors (Lipinski definition) is 0. The van der Waals surface area contributed by atoms with Gasteiger partial charge in [0.25, 0.3) is 4.38 Å². The summed E-state index contributed by atoms with van der Waals surface area (Å²) in [6.45, 7) is 6.77. The van der Waals surface area contributed by atoms with E-state index >= 15 is 0 Å². The lowest BCUT2D eigenvalue weighted by molar-refractivity contribution is -0.515. The second-order valence-corrected chi connectivity index (χ2v) is 4.91. The molecule has 1 saturated heterocycles. The van der Waals surface area contributed by atoms with Crippen LogP contribution in [0.4, 0.5) is 0 Å². The maximum absolute atomic E-state index is 2.45. The number of rotatable bonds is 2. The Hall–Kier alpha value is 0.370. The fraction of sp³-hybridized carbons (Fsp3) is 0.875. The molecule has 1 aliphatic rings. The molecule has 1 fully saturated rings. The van der Waals surface area contributed by atoms with Crippen LogP contribution in [0.1, 0.15) is 20.3 Å². The number of nitrogens with zero attached hydrogens (tertiary/aromatic N) is 1. The standard InChI is InChI=1S/C8H16NS2/c1-3-9(4-2)8-10-6-5-7-11-8/h3-7H2,1-2H3/q+1. The molecule has 0 aromatic carbocycles. The summed E-state index contributed by atoms with van der Waals surface area (Å²) in [6.07, 6.45) is 1.38. The third-order valence-electron chi connectivity index (χ3n) is 1.76. The van der Waals surface area contributed by atoms with Crippen LogP contribution in [-0.4, -0.2) is 33.5 Å². The summed E-state index contributed by atoms with van der Waals surface area (Å²) < 4.78 is 4.00. The average Bonchev–Trinajstić information content (AvgIpc) is 2.09. The molecule has 1 rings (SSSR count). The van der Waals surface area contributed by atoms with Crippen molar-refractivity contribution in [1.82, 2.24) is 0 Å². The van der Waals surface area contributed by atoms with E-state index in [-0.39, 0.29) is 0 Å². The van der Waals surface area contributed by atoms with E-state index in [9.17, 15) is 0 Å². The summed E-state index contributed by atoms with van der Waals surface area (Å²) >= 11 is 4.05. The minimum atomic E-state index is 1.16. The Labute approximate surface area is 77.6 Å². The van der Waals surface area contributed by atoms with Gasteiger partial charge in [-0.1, -0.05) is 23.5 Å². The third kappa shape index (κ3) is 2.71. The predicted octanol–water partition coefficient (Wildman–Crippen LogP) is 2.26. The summed E-state index contributed by atoms with van der Waals surface area (Å²) in [4.78, 5) is 0. The molecule has 0 amide bonds. The van der Waals surface area contributed by atoms with Crippen LogP contribution in [0.5, 0.6) is 0 Å². The SMILES string of the molecule is CC[N+](CC)=C1SCCCS1. The molecule has 1 heterocycles. The van der Waals surface area contributed by atoms with Gasteiger partial charge in [-0.15, -0.1) is 0 Å². The molecule has 11 heavy (non-hydrogen) atoms. The molecule has 3 heteroatoms. The lowest BCUT2D eigenvalue weighted by Gasteiger charge is -2.10. The second-order valence-electron chi connectivity index (χ2n) is 2.49. The van der Waals surface area contributed by atoms with Gasteiger partial charge in [-0.2, -0.15) is 0 Å². The molecule has 0 bridgehead atoms. The lowest BCUT2D eigenvalue weighted by Crippen LogP contribution is -2.19. The number of hydrogen-bond acceptors (Lipinski definition) is 2. The van der Waals surface area contributed by atoms with Gasteiger partial charge in [0.05, 0.1) is 0 Å². The van der Waals surface area contributed by atoms with Crippen LogP contribution in [0.3, 0.4) is 0 Å². The molecule has 0 atom stereocenters. The maximum atomic E-state index is 2.45. The highest BCUT2D eigenvalue weighted by Gasteiger charge is 2.16. The van der Waals surface area contributed by atoms with Gasteiger partial charge in [0.2, 0.25) is 0 Å². The summed E-state index contributed by atoms with van der Waals surface area (Å²) in [7, 11) is 0. The average molecular weight is 190 g/mol. The van der Waals surface area contributed by atoms with Crippen LogP contribution in [0.15, 0.2) is 0 Å². The Bertz CT molecular complexity index is 140. The van der Waals surface area contributed by atoms with Gasteiger partial charge in [-0.3, -0.25) is 0 Å². The molecule has 0 saturated carbocycles. The van der Waals surface area contributed by atoms with Crippen molar-refractivity contribution in [3.63, 3.8) is 0 Å². The normalized spacial score (nSPS) is 18.5. The third-order valence-corrected chi connectivity index (χ3v) is 4.46. The van der Waals surface area contributed by atoms with Crippen molar-refractivity contribution in [2.45, 2.75) is 20.3 Å². The monoisotopic (exact) mass is 190 g/mol. The first kappa shape index (κ1) is 9.46. The topological polar surface area (TPSA) is 3.01 Å². The van der Waals surface area contributed by atoms with Gasteiger partial charge in [-0.25, -0.2) is 4.58 Å². The Morgan fingerprint density at radius 1 is 1.18 bits per heavy atom. The molecule has 64 valence electrons. The van der Waals surface area contributed by atoms with Crippen LogP contribution in [0.2, 0.25) is 0 Å². The fourth-order valence-corrected chi connectivity index (χ4v) is 3.91. The van der Waals surface area contributed by atoms with Gasteiger partial charge < -0.3 is 0 Å². The highest BCUT2D eigenvalue weighted by Crippen LogP contribution is 2.24. The van der Waals surface area contributed by atoms with Crippen molar-refractivity contribution in [2.75, 3.05) is 24.6 Å². The van der Waals surface area contributed by atoms with Crippen molar-refractivity contribution in [1.29, 1.82) is 0 Å². The molecule has 0 aromatic rings. The zero-order chi connectivity index (χ0) is 8.10. The van der Waals surface area contributed by atoms with Crippen LogP contribution in [0.25, 0.3) is 0 Å². The smallest absolute Gasteiger partial charge is 0.219 e. The van der Waals surface area contributed by atoms with E-state index in [0.717, 1.165) is 13.1 Å². The first-order valence-corrected chi connectivity index (χ1v) is 6.23. The van der Waals surface area contributed by atoms with Crippen LogP contribution in [0, 0.1) is 0 Å². The molecule has 0 N–H and O–H groups in total. The first-order chi connectivity index (χ1) is 5.38. The van der Waals surface area contributed by atoms with E-state index in [4.69, 9.17) is 0 Å². The molecular weight excluding hydrogens is 174 g/mol. The van der Waals surface area contributed by atoms with Crippen molar-refractivity contribution in [3.05, 3.63) is 0 Å². The molecule has 1 nitrogen and oxygen atoms in total. The largest absolute Gasteiger partial charge is 0.269 e. The first-order valence-electron chi connectivity index (χ1n) is 4.26. The van der Waals surface area contributed by atoms with Crippen LogP contribution >= 0.6 is 23.5 Å². The highest BCUT2D eigenvalue weighted by molar-refractivity contribution is 8.39. The molecule has 0 aromatic heterocycles. The summed E-state index contributed by atoms with van der Waals surface area (Å²) in [5.74, 6) is 2.64. The van der Waals surface area contributed by atoms with Gasteiger partial charge >= 0.3 is 0 Å². The van der Waals surface area contributed by atoms with Crippen LogP contribution in [-0.2, 0) is 0 Å². The molecular formula is C8H16NS2+. The molecule has 0 spiro atoms. The molecule has 1 aliphatic heterocycles. The van der Waals surface area contributed by atoms with E-state index in [0.29, 0.717) is 0 Å². The zero-order valence-electron chi connectivity index (χ0n) is 7.30. The quantitative estimate of drug-likeness (QED) is 0.614. The molecule has 0 unspecified atom stereocenters. The lowest BCUT2D eigenvalue weighted by atomic mass is 10.6. The molecule has 0 aliphatic carbocycles. The van der Waals surface area contributed by atoms with E-state index in [1.54, 1.807) is 4.38 Å². The van der Waals surface area contributed by atoms with Crippen molar-refractivity contribution >= 4 is 27.9 Å². The minimum Gasteiger partial charge on any atom is -0.219 e. The van der Waals surface area contributed by atoms with Gasteiger partial charge in [0.1, 0.15) is 13.1 Å². The van der Waals surface area contributed by atoms with E-state index in [1.807, 2.05) is 23.5 Å². The zero-order valence-corrected chi connectivity index (χ0v) is 8.93. The van der Waals surface area contributed by atoms with Crippen molar-refractivity contribution in [2.24, 2.45) is 0 Å². The van der Waals surface area contributed by atoms with E-state index < -0.39 is 0 Å². The van der Waals surface area contributed by atoms with Gasteiger partial charge in [-0.05, 0) is 20.3 Å². The van der Waals surface area contributed by atoms with Crippen molar-refractivity contribution < 1.29 is 4.58 Å². The highest BCUT2D eigenvalue weighted by atomic mass is 32.2. The van der Waals surface area contributed by atoms with Crippen LogP contribution < -0.4 is 0 Å². The minimum absolute atomic E-state index is 1.16. The molecule has 0 radical (unpaired) electrons. The summed E-state index contributed by atoms with van der Waals surface area (Å²) in [5.41, 5.74) is 0.